The van der Waals surface area contributed by atoms with E-state index in [2.05, 4.69) is 63.3 Å². The number of unbranched alkanes of at least 4 members (excludes halogenated alkanes) is 1. The van der Waals surface area contributed by atoms with Crippen LogP contribution in [0, 0.1) is 19.8 Å². The minimum atomic E-state index is -0.204. The lowest BCUT2D eigenvalue weighted by Crippen LogP contribution is -2.43. The average molecular weight is 482 g/mol. The Kier molecular flexibility index (Phi) is 11.2. The number of nitrogens with zero attached hydrogens (tertiary/aromatic N) is 2. The van der Waals surface area contributed by atoms with Crippen molar-refractivity contribution in [3.05, 3.63) is 46.6 Å². The summed E-state index contributed by atoms with van der Waals surface area (Å²) in [6.45, 7) is 16.8. The van der Waals surface area contributed by atoms with E-state index in [-0.39, 0.29) is 17.7 Å². The van der Waals surface area contributed by atoms with Crippen molar-refractivity contribution in [1.29, 1.82) is 0 Å². The summed E-state index contributed by atoms with van der Waals surface area (Å²) in [5, 5.41) is 7.06. The van der Waals surface area contributed by atoms with Crippen LogP contribution in [0.3, 0.4) is 0 Å². The van der Waals surface area contributed by atoms with Crippen LogP contribution in [-0.4, -0.2) is 61.2 Å². The first-order valence-electron chi connectivity index (χ1n) is 13.0. The normalized spacial score (nSPS) is 17.8. The lowest BCUT2D eigenvalue weighted by atomic mass is 9.93. The summed E-state index contributed by atoms with van der Waals surface area (Å²) < 4.78 is 1.83. The smallest absolute Gasteiger partial charge is 0.260 e. The van der Waals surface area contributed by atoms with E-state index in [0.29, 0.717) is 31.5 Å². The van der Waals surface area contributed by atoms with E-state index in [4.69, 9.17) is 0 Å². The second-order valence-electron chi connectivity index (χ2n) is 9.71. The number of anilines is 2. The summed E-state index contributed by atoms with van der Waals surface area (Å²) >= 11 is 0. The molecule has 35 heavy (non-hydrogen) atoms. The molecule has 2 N–H and O–H groups in total. The summed E-state index contributed by atoms with van der Waals surface area (Å²) in [4.78, 5) is 28.1. The van der Waals surface area contributed by atoms with Crippen molar-refractivity contribution in [3.63, 3.8) is 0 Å². The number of rotatable bonds is 12. The molecular formula is C29H45N4O2+. The molecule has 1 heterocycles. The number of nitrogens with one attached hydrogen (secondary N) is 2. The van der Waals surface area contributed by atoms with Crippen LogP contribution in [0.1, 0.15) is 64.0 Å². The van der Waals surface area contributed by atoms with Gasteiger partial charge in [0.2, 0.25) is 5.91 Å². The van der Waals surface area contributed by atoms with Crippen LogP contribution in [0.4, 0.5) is 11.4 Å². The van der Waals surface area contributed by atoms with Crippen LogP contribution in [0.25, 0.3) is 0 Å². The molecule has 192 valence electrons. The van der Waals surface area contributed by atoms with Crippen molar-refractivity contribution in [2.75, 3.05) is 43.9 Å². The topological polar surface area (TPSA) is 64.5 Å². The SMILES string of the molecule is C=[N+](C)CCCN1C(=O)C(=CCNc2cc(C)c(C)cc2NCCCC)C(CC)=CCC(C)C1=O. The summed E-state index contributed by atoms with van der Waals surface area (Å²) in [6, 6.07) is 4.34. The van der Waals surface area contributed by atoms with Gasteiger partial charge in [-0.3, -0.25) is 14.5 Å². The first-order valence-corrected chi connectivity index (χ1v) is 13.0. The van der Waals surface area contributed by atoms with Crippen molar-refractivity contribution in [2.24, 2.45) is 5.92 Å². The van der Waals surface area contributed by atoms with E-state index >= 15 is 0 Å². The molecule has 6 nitrogen and oxygen atoms in total. The average Bonchev–Trinajstić information content (AvgIpc) is 2.82. The van der Waals surface area contributed by atoms with Crippen molar-refractivity contribution in [1.82, 2.24) is 4.90 Å². The number of benzene rings is 1. The van der Waals surface area contributed by atoms with Crippen LogP contribution < -0.4 is 10.6 Å². The number of carbonyl (C=O) groups excluding carboxylic acids is 2. The van der Waals surface area contributed by atoms with E-state index in [9.17, 15) is 9.59 Å². The molecule has 0 saturated heterocycles. The Morgan fingerprint density at radius 1 is 1.11 bits per heavy atom. The van der Waals surface area contributed by atoms with Crippen LogP contribution in [-0.2, 0) is 9.59 Å². The van der Waals surface area contributed by atoms with Crippen LogP contribution in [0.15, 0.2) is 35.4 Å². The first-order chi connectivity index (χ1) is 16.7. The van der Waals surface area contributed by atoms with Gasteiger partial charge in [0.25, 0.3) is 5.91 Å². The third kappa shape index (κ3) is 8.08. The highest BCUT2D eigenvalue weighted by molar-refractivity contribution is 6.07. The van der Waals surface area contributed by atoms with Gasteiger partial charge >= 0.3 is 0 Å². The highest BCUT2D eigenvalue weighted by Gasteiger charge is 2.31. The zero-order valence-electron chi connectivity index (χ0n) is 22.7. The third-order valence-corrected chi connectivity index (χ3v) is 6.61. The Balaban J connectivity index is 2.30. The van der Waals surface area contributed by atoms with Gasteiger partial charge in [0, 0.05) is 37.5 Å². The maximum absolute atomic E-state index is 13.6. The van der Waals surface area contributed by atoms with Gasteiger partial charge in [0.15, 0.2) is 0 Å². The molecule has 1 atom stereocenters. The highest BCUT2D eigenvalue weighted by atomic mass is 16.2. The first kappa shape index (κ1) is 28.3. The maximum atomic E-state index is 13.6. The number of hydrogen-bond acceptors (Lipinski definition) is 4. The number of carbonyl (C=O) groups is 2. The number of amides is 2. The van der Waals surface area contributed by atoms with Gasteiger partial charge in [-0.05, 0) is 61.9 Å². The van der Waals surface area contributed by atoms with Gasteiger partial charge in [-0.2, -0.15) is 0 Å². The van der Waals surface area contributed by atoms with E-state index in [1.54, 1.807) is 0 Å². The lowest BCUT2D eigenvalue weighted by Gasteiger charge is -2.28. The van der Waals surface area contributed by atoms with E-state index in [1.807, 2.05) is 24.6 Å². The number of hydrogen-bond donors (Lipinski definition) is 2. The molecule has 1 aliphatic heterocycles. The van der Waals surface area contributed by atoms with Gasteiger partial charge < -0.3 is 10.6 Å². The quantitative estimate of drug-likeness (QED) is 0.139. The zero-order chi connectivity index (χ0) is 26.0. The molecule has 0 fully saturated rings. The van der Waals surface area contributed by atoms with Gasteiger partial charge in [0.1, 0.15) is 20.3 Å². The Morgan fingerprint density at radius 3 is 2.37 bits per heavy atom. The fourth-order valence-electron chi connectivity index (χ4n) is 4.21. The molecule has 1 unspecified atom stereocenters. The molecule has 1 aliphatic rings. The molecule has 2 rings (SSSR count). The standard InChI is InChI=1S/C29H45N4O2/c1-8-10-15-30-26-19-22(4)23(5)20-27(26)31-16-14-25-24(9-2)13-12-21(3)28(34)33(29(25)35)18-11-17-32(6)7/h13-14,19-21,30-31H,6,8-12,15-18H2,1-5,7H3/q+1. The largest absolute Gasteiger partial charge is 0.383 e. The van der Waals surface area contributed by atoms with Gasteiger partial charge in [0.05, 0.1) is 11.4 Å². The number of allylic oxidation sites excluding steroid dienone is 1. The molecule has 2 amide bonds. The molecule has 0 radical (unpaired) electrons. The fraction of sp³-hybridized carbons (Fsp3) is 0.552. The van der Waals surface area contributed by atoms with Gasteiger partial charge in [-0.25, -0.2) is 4.58 Å². The van der Waals surface area contributed by atoms with Crippen molar-refractivity contribution < 1.29 is 14.2 Å². The molecule has 0 aromatic heterocycles. The summed E-state index contributed by atoms with van der Waals surface area (Å²) in [7, 11) is 1.90. The van der Waals surface area contributed by atoms with E-state index < -0.39 is 0 Å². The fourth-order valence-corrected chi connectivity index (χ4v) is 4.21. The maximum Gasteiger partial charge on any atom is 0.260 e. The summed E-state index contributed by atoms with van der Waals surface area (Å²) in [5.41, 5.74) is 6.22. The molecule has 1 aromatic rings. The van der Waals surface area contributed by atoms with E-state index in [1.165, 1.54) is 16.0 Å². The number of imide groups is 1. The Bertz CT molecular complexity index is 977. The van der Waals surface area contributed by atoms with Gasteiger partial charge in [-0.1, -0.05) is 39.3 Å². The zero-order valence-corrected chi connectivity index (χ0v) is 22.7. The second-order valence-corrected chi connectivity index (χ2v) is 9.71. The Morgan fingerprint density at radius 2 is 1.77 bits per heavy atom. The van der Waals surface area contributed by atoms with E-state index in [0.717, 1.165) is 49.3 Å². The summed E-state index contributed by atoms with van der Waals surface area (Å²) in [6.07, 6.45) is 8.38. The molecule has 0 spiro atoms. The lowest BCUT2D eigenvalue weighted by molar-refractivity contribution is -0.488. The van der Waals surface area contributed by atoms with Crippen molar-refractivity contribution in [2.45, 2.75) is 66.7 Å². The molecule has 0 saturated carbocycles. The highest BCUT2D eigenvalue weighted by Crippen LogP contribution is 2.27. The molecule has 6 heteroatoms. The minimum absolute atomic E-state index is 0.0939. The Labute approximate surface area is 212 Å². The minimum Gasteiger partial charge on any atom is -0.383 e. The molecule has 1 aromatic carbocycles. The molecular weight excluding hydrogens is 436 g/mol. The van der Waals surface area contributed by atoms with Crippen LogP contribution >= 0.6 is 0 Å². The predicted molar refractivity (Wildman–Crippen MR) is 148 cm³/mol. The number of aryl methyl sites for hydroxylation is 2. The Hall–Kier alpha value is -2.89. The van der Waals surface area contributed by atoms with Crippen molar-refractivity contribution >= 4 is 29.9 Å². The van der Waals surface area contributed by atoms with Crippen molar-refractivity contribution in [3.8, 4) is 0 Å². The summed E-state index contributed by atoms with van der Waals surface area (Å²) in [5.74, 6) is -0.488. The molecule has 0 bridgehead atoms. The molecule has 0 aliphatic carbocycles. The van der Waals surface area contributed by atoms with Crippen LogP contribution in [0.2, 0.25) is 0 Å². The van der Waals surface area contributed by atoms with Crippen LogP contribution in [0.5, 0.6) is 0 Å². The van der Waals surface area contributed by atoms with Gasteiger partial charge in [-0.15, -0.1) is 0 Å². The second kappa shape index (κ2) is 13.9. The monoisotopic (exact) mass is 481 g/mol. The third-order valence-electron chi connectivity index (χ3n) is 6.61. The predicted octanol–water partition coefficient (Wildman–Crippen LogP) is 5.32.